The molecule has 0 bridgehead atoms. The summed E-state index contributed by atoms with van der Waals surface area (Å²) in [6.07, 6.45) is 1.62. The van der Waals surface area contributed by atoms with Crippen molar-refractivity contribution in [3.63, 3.8) is 0 Å². The summed E-state index contributed by atoms with van der Waals surface area (Å²) in [4.78, 5) is 6.41. The lowest BCUT2D eigenvalue weighted by molar-refractivity contribution is 0.122. The van der Waals surface area contributed by atoms with Gasteiger partial charge in [-0.25, -0.2) is 9.99 Å². The monoisotopic (exact) mass is 372 g/mol. The smallest absolute Gasteiger partial charge is 0.210 e. The predicted molar refractivity (Wildman–Crippen MR) is 105 cm³/mol. The number of ether oxygens (including phenoxy) is 2. The van der Waals surface area contributed by atoms with Crippen LogP contribution >= 0.6 is 0 Å². The topological polar surface area (TPSA) is 124 Å². The van der Waals surface area contributed by atoms with Crippen molar-refractivity contribution in [3.8, 4) is 5.75 Å². The number of hydrogen-bond donors (Lipinski definition) is 5. The van der Waals surface area contributed by atoms with Crippen LogP contribution in [0.3, 0.4) is 0 Å². The van der Waals surface area contributed by atoms with Gasteiger partial charge in [-0.05, 0) is 30.3 Å². The van der Waals surface area contributed by atoms with Crippen molar-refractivity contribution in [2.75, 3.05) is 48.7 Å². The van der Waals surface area contributed by atoms with Gasteiger partial charge in [-0.15, -0.1) is 5.53 Å². The van der Waals surface area contributed by atoms with Crippen molar-refractivity contribution in [1.82, 2.24) is 16.1 Å². The molecule has 2 aromatic rings. The molecule has 1 aliphatic heterocycles. The number of rotatable bonds is 7. The number of methoxy groups -OCH3 is 1. The first-order chi connectivity index (χ1) is 13.2. The second-order valence-electron chi connectivity index (χ2n) is 5.75. The number of guanidine groups is 1. The van der Waals surface area contributed by atoms with Gasteiger partial charge in [0.05, 0.1) is 26.0 Å². The molecule has 0 unspecified atom stereocenters. The highest BCUT2D eigenvalue weighted by molar-refractivity contribution is 5.90. The first kappa shape index (κ1) is 18.7. The van der Waals surface area contributed by atoms with Gasteiger partial charge >= 0.3 is 0 Å². The van der Waals surface area contributed by atoms with E-state index in [2.05, 4.69) is 26.4 Å². The molecule has 1 aromatic carbocycles. The highest BCUT2D eigenvalue weighted by atomic mass is 16.5. The number of nitrogens with zero attached hydrogens (tertiary/aromatic N) is 3. The van der Waals surface area contributed by atoms with E-state index >= 15 is 0 Å². The van der Waals surface area contributed by atoms with Gasteiger partial charge in [-0.1, -0.05) is 6.07 Å². The molecular weight excluding hydrogens is 348 g/mol. The number of hydrazine groups is 3. The zero-order valence-electron chi connectivity index (χ0n) is 15.1. The second kappa shape index (κ2) is 9.03. The van der Waals surface area contributed by atoms with Crippen molar-refractivity contribution in [2.45, 2.75) is 0 Å². The van der Waals surface area contributed by atoms with Crippen LogP contribution in [0.25, 0.3) is 0 Å². The van der Waals surface area contributed by atoms with E-state index in [0.717, 1.165) is 24.5 Å². The molecule has 10 heteroatoms. The Balaban J connectivity index is 1.67. The SMILES string of the molecule is COc1ccc(N2CCOCC2)cc1NNNN(C(=N)N)c1ccccn1. The molecule has 10 nitrogen and oxygen atoms in total. The van der Waals surface area contributed by atoms with Crippen LogP contribution in [0.2, 0.25) is 0 Å². The van der Waals surface area contributed by atoms with E-state index in [1.165, 1.54) is 5.01 Å². The highest BCUT2D eigenvalue weighted by Gasteiger charge is 2.14. The van der Waals surface area contributed by atoms with Crippen LogP contribution in [0.1, 0.15) is 0 Å². The van der Waals surface area contributed by atoms with Crippen molar-refractivity contribution >= 4 is 23.2 Å². The average Bonchev–Trinajstić information content (AvgIpc) is 2.72. The number of nitrogens with one attached hydrogen (secondary N) is 4. The van der Waals surface area contributed by atoms with Gasteiger partial charge < -0.3 is 25.5 Å². The number of nitrogens with two attached hydrogens (primary N) is 1. The summed E-state index contributed by atoms with van der Waals surface area (Å²) in [7, 11) is 1.61. The molecule has 1 aromatic heterocycles. The Kier molecular flexibility index (Phi) is 6.26. The minimum atomic E-state index is -0.211. The fraction of sp³-hybridized carbons (Fsp3) is 0.294. The minimum absolute atomic E-state index is 0.211. The van der Waals surface area contributed by atoms with Gasteiger partial charge in [0, 0.05) is 25.0 Å². The Morgan fingerprint density at radius 1 is 1.30 bits per heavy atom. The summed E-state index contributed by atoms with van der Waals surface area (Å²) in [6.45, 7) is 3.11. The van der Waals surface area contributed by atoms with Crippen LogP contribution < -0.4 is 36.9 Å². The number of aromatic nitrogens is 1. The van der Waals surface area contributed by atoms with Gasteiger partial charge in [0.25, 0.3) is 0 Å². The van der Waals surface area contributed by atoms with Crippen LogP contribution in [-0.4, -0.2) is 44.4 Å². The van der Waals surface area contributed by atoms with Gasteiger partial charge in [0.2, 0.25) is 5.96 Å². The average molecular weight is 372 g/mol. The predicted octanol–water partition coefficient (Wildman–Crippen LogP) is 0.663. The van der Waals surface area contributed by atoms with E-state index in [1.54, 1.807) is 25.4 Å². The highest BCUT2D eigenvalue weighted by Crippen LogP contribution is 2.29. The van der Waals surface area contributed by atoms with Crippen LogP contribution in [0.15, 0.2) is 42.6 Å². The van der Waals surface area contributed by atoms with E-state index in [-0.39, 0.29) is 5.96 Å². The van der Waals surface area contributed by atoms with E-state index < -0.39 is 0 Å². The maximum absolute atomic E-state index is 7.71. The Bertz CT molecular complexity index is 752. The molecule has 0 aliphatic carbocycles. The Hall–Kier alpha value is -3.08. The van der Waals surface area contributed by atoms with Crippen molar-refractivity contribution in [2.24, 2.45) is 5.73 Å². The van der Waals surface area contributed by atoms with Gasteiger partial charge in [-0.2, -0.15) is 5.53 Å². The number of anilines is 3. The molecule has 1 aliphatic rings. The summed E-state index contributed by atoms with van der Waals surface area (Å²) in [6, 6.07) is 11.2. The van der Waals surface area contributed by atoms with Crippen LogP contribution in [0, 0.1) is 5.41 Å². The van der Waals surface area contributed by atoms with Crippen molar-refractivity contribution in [3.05, 3.63) is 42.6 Å². The van der Waals surface area contributed by atoms with E-state index in [0.29, 0.717) is 24.8 Å². The van der Waals surface area contributed by atoms with Crippen molar-refractivity contribution < 1.29 is 9.47 Å². The normalized spacial score (nSPS) is 13.9. The van der Waals surface area contributed by atoms with E-state index in [9.17, 15) is 0 Å². The number of benzene rings is 1. The van der Waals surface area contributed by atoms with E-state index in [1.807, 2.05) is 24.3 Å². The lowest BCUT2D eigenvalue weighted by atomic mass is 10.2. The zero-order valence-corrected chi connectivity index (χ0v) is 15.1. The van der Waals surface area contributed by atoms with Crippen LogP contribution in [-0.2, 0) is 4.74 Å². The van der Waals surface area contributed by atoms with Gasteiger partial charge in [-0.3, -0.25) is 5.41 Å². The molecule has 2 heterocycles. The maximum Gasteiger partial charge on any atom is 0.210 e. The quantitative estimate of drug-likeness (QED) is 0.271. The number of hydrogen-bond acceptors (Lipinski definition) is 8. The van der Waals surface area contributed by atoms with Crippen molar-refractivity contribution in [1.29, 1.82) is 5.41 Å². The third-order valence-electron chi connectivity index (χ3n) is 4.04. The van der Waals surface area contributed by atoms with Gasteiger partial charge in [0.15, 0.2) is 5.82 Å². The first-order valence-electron chi connectivity index (χ1n) is 8.51. The van der Waals surface area contributed by atoms with E-state index in [4.69, 9.17) is 20.6 Å². The van der Waals surface area contributed by atoms with Gasteiger partial charge in [0.1, 0.15) is 5.75 Å². The standard InChI is InChI=1S/C17H24N8O2/c1-26-15-6-5-13(24-8-10-27-11-9-24)12-14(15)21-22-23-25(17(18)19)16-4-2-3-7-20-16/h2-7,12,21-23H,8-11H2,1H3,(H3,18,19). The molecule has 144 valence electrons. The number of pyridine rings is 1. The zero-order chi connectivity index (χ0) is 19.1. The minimum Gasteiger partial charge on any atom is -0.495 e. The molecule has 6 N–H and O–H groups in total. The molecule has 1 saturated heterocycles. The maximum atomic E-state index is 7.71. The molecule has 0 atom stereocenters. The summed E-state index contributed by atoms with van der Waals surface area (Å²) in [5.74, 6) is 0.943. The third kappa shape index (κ3) is 4.76. The third-order valence-corrected chi connectivity index (χ3v) is 4.04. The summed E-state index contributed by atoms with van der Waals surface area (Å²) in [5.41, 5.74) is 16.1. The molecule has 27 heavy (non-hydrogen) atoms. The largest absolute Gasteiger partial charge is 0.495 e. The fourth-order valence-electron chi connectivity index (χ4n) is 2.69. The summed E-state index contributed by atoms with van der Waals surface area (Å²) in [5, 5.41) is 9.01. The summed E-state index contributed by atoms with van der Waals surface area (Å²) >= 11 is 0. The Labute approximate surface area is 157 Å². The lowest BCUT2D eigenvalue weighted by Crippen LogP contribution is -2.55. The molecule has 0 spiro atoms. The molecular formula is C17H24N8O2. The molecule has 0 saturated carbocycles. The fourth-order valence-corrected chi connectivity index (χ4v) is 2.69. The lowest BCUT2D eigenvalue weighted by Gasteiger charge is -2.29. The molecule has 0 radical (unpaired) electrons. The summed E-state index contributed by atoms with van der Waals surface area (Å²) < 4.78 is 10.8. The second-order valence-corrected chi connectivity index (χ2v) is 5.75. The van der Waals surface area contributed by atoms with Crippen LogP contribution in [0.5, 0.6) is 5.75 Å². The number of morpholine rings is 1. The van der Waals surface area contributed by atoms with Crippen LogP contribution in [0.4, 0.5) is 17.2 Å². The molecule has 0 amide bonds. The first-order valence-corrected chi connectivity index (χ1v) is 8.51. The molecule has 3 rings (SSSR count). The Morgan fingerprint density at radius 2 is 2.11 bits per heavy atom. The Morgan fingerprint density at radius 3 is 2.78 bits per heavy atom. The molecule has 1 fully saturated rings.